The van der Waals surface area contributed by atoms with Gasteiger partial charge in [-0.05, 0) is 51.2 Å². The van der Waals surface area contributed by atoms with Gasteiger partial charge in [0.25, 0.3) is 0 Å². The predicted octanol–water partition coefficient (Wildman–Crippen LogP) is 3.26. The number of amides is 1. The highest BCUT2D eigenvalue weighted by atomic mass is 16.5. The van der Waals surface area contributed by atoms with Crippen LogP contribution in [0.3, 0.4) is 0 Å². The van der Waals surface area contributed by atoms with E-state index in [2.05, 4.69) is 0 Å². The van der Waals surface area contributed by atoms with Gasteiger partial charge in [0.1, 0.15) is 5.75 Å². The van der Waals surface area contributed by atoms with E-state index in [1.807, 2.05) is 26.8 Å². The van der Waals surface area contributed by atoms with Gasteiger partial charge in [0, 0.05) is 25.6 Å². The first-order chi connectivity index (χ1) is 10.0. The van der Waals surface area contributed by atoms with Gasteiger partial charge in [-0.25, -0.2) is 0 Å². The highest BCUT2D eigenvalue weighted by Gasteiger charge is 2.32. The number of ether oxygens (including phenoxy) is 1. The molecule has 0 radical (unpaired) electrons. The molecule has 1 aliphatic rings. The summed E-state index contributed by atoms with van der Waals surface area (Å²) < 4.78 is 5.54. The minimum atomic E-state index is 0.131. The van der Waals surface area contributed by atoms with Crippen LogP contribution in [-0.2, 0) is 9.53 Å². The topological polar surface area (TPSA) is 49.8 Å². The van der Waals surface area contributed by atoms with Gasteiger partial charge in [0.05, 0.1) is 11.8 Å². The van der Waals surface area contributed by atoms with Crippen molar-refractivity contribution in [3.63, 3.8) is 0 Å². The summed E-state index contributed by atoms with van der Waals surface area (Å²) in [6, 6.07) is 5.16. The summed E-state index contributed by atoms with van der Waals surface area (Å²) in [6.45, 7) is 7.28. The third kappa shape index (κ3) is 3.76. The molecular formula is C17H25NO3. The lowest BCUT2D eigenvalue weighted by Gasteiger charge is -2.35. The number of hydrogen-bond donors (Lipinski definition) is 1. The number of carbonyl (C=O) groups excluding carboxylic acids is 1. The van der Waals surface area contributed by atoms with Crippen LogP contribution in [0.4, 0.5) is 5.69 Å². The molecule has 4 nitrogen and oxygen atoms in total. The zero-order chi connectivity index (χ0) is 15.4. The van der Waals surface area contributed by atoms with Gasteiger partial charge in [0.15, 0.2) is 0 Å². The van der Waals surface area contributed by atoms with E-state index in [9.17, 15) is 9.90 Å². The monoisotopic (exact) mass is 291 g/mol. The van der Waals surface area contributed by atoms with E-state index in [-0.39, 0.29) is 11.7 Å². The first-order valence-corrected chi connectivity index (χ1v) is 7.76. The van der Waals surface area contributed by atoms with Crippen molar-refractivity contribution in [3.8, 4) is 5.75 Å². The van der Waals surface area contributed by atoms with Crippen molar-refractivity contribution >= 4 is 11.6 Å². The number of phenols is 1. The van der Waals surface area contributed by atoms with Crippen LogP contribution in [0.25, 0.3) is 0 Å². The van der Waals surface area contributed by atoms with Crippen LogP contribution in [0.2, 0.25) is 0 Å². The maximum absolute atomic E-state index is 12.5. The molecule has 0 saturated heterocycles. The Labute approximate surface area is 126 Å². The number of anilines is 1. The van der Waals surface area contributed by atoms with Crippen LogP contribution >= 0.6 is 0 Å². The number of phenolic OH excluding ortho intramolecular Hbond substituents is 1. The number of aromatic hydroxyl groups is 1. The standard InChI is InChI=1S/C17H25NO3/c1-4-18(16-11-14(19)7-6-12(16)3)17(20)10-13-8-15(9-13)21-5-2/h6-7,11,13,15,19H,4-5,8-10H2,1-3H3. The molecule has 0 aliphatic heterocycles. The number of rotatable bonds is 6. The number of hydrogen-bond acceptors (Lipinski definition) is 3. The molecule has 21 heavy (non-hydrogen) atoms. The van der Waals surface area contributed by atoms with Crippen molar-refractivity contribution < 1.29 is 14.6 Å². The van der Waals surface area contributed by atoms with Gasteiger partial charge in [-0.15, -0.1) is 0 Å². The molecule has 1 aromatic carbocycles. The highest BCUT2D eigenvalue weighted by Crippen LogP contribution is 2.34. The molecule has 116 valence electrons. The van der Waals surface area contributed by atoms with Crippen LogP contribution in [0.5, 0.6) is 5.75 Å². The summed E-state index contributed by atoms with van der Waals surface area (Å²) in [5, 5.41) is 9.64. The van der Waals surface area contributed by atoms with E-state index in [1.165, 1.54) is 0 Å². The molecule has 0 atom stereocenters. The lowest BCUT2D eigenvalue weighted by atomic mass is 9.79. The number of aryl methyl sites for hydroxylation is 1. The minimum Gasteiger partial charge on any atom is -0.508 e. The van der Waals surface area contributed by atoms with Gasteiger partial charge in [-0.2, -0.15) is 0 Å². The molecule has 0 bridgehead atoms. The van der Waals surface area contributed by atoms with E-state index in [0.29, 0.717) is 25.0 Å². The van der Waals surface area contributed by atoms with E-state index >= 15 is 0 Å². The molecule has 0 unspecified atom stereocenters. The van der Waals surface area contributed by atoms with E-state index in [0.717, 1.165) is 30.7 Å². The molecule has 0 spiro atoms. The zero-order valence-electron chi connectivity index (χ0n) is 13.1. The molecule has 1 aliphatic carbocycles. The Kier molecular flexibility index (Phi) is 5.23. The fraction of sp³-hybridized carbons (Fsp3) is 0.588. The second-order valence-electron chi connectivity index (χ2n) is 5.73. The largest absolute Gasteiger partial charge is 0.508 e. The average molecular weight is 291 g/mol. The Morgan fingerprint density at radius 1 is 1.38 bits per heavy atom. The van der Waals surface area contributed by atoms with Crippen molar-refractivity contribution in [1.29, 1.82) is 0 Å². The van der Waals surface area contributed by atoms with Crippen molar-refractivity contribution in [2.45, 2.75) is 46.1 Å². The normalized spacial score (nSPS) is 20.9. The maximum Gasteiger partial charge on any atom is 0.227 e. The SMILES string of the molecule is CCOC1CC(CC(=O)N(CC)c2cc(O)ccc2C)C1. The lowest BCUT2D eigenvalue weighted by molar-refractivity contribution is -0.121. The molecule has 1 N–H and O–H groups in total. The summed E-state index contributed by atoms with van der Waals surface area (Å²) in [4.78, 5) is 14.3. The first-order valence-electron chi connectivity index (χ1n) is 7.76. The van der Waals surface area contributed by atoms with Crippen LogP contribution in [0.1, 0.15) is 38.7 Å². The van der Waals surface area contributed by atoms with Crippen LogP contribution in [0, 0.1) is 12.8 Å². The van der Waals surface area contributed by atoms with Crippen molar-refractivity contribution in [3.05, 3.63) is 23.8 Å². The molecule has 1 aromatic rings. The Balaban J connectivity index is 1.98. The second-order valence-corrected chi connectivity index (χ2v) is 5.73. The quantitative estimate of drug-likeness (QED) is 0.875. The summed E-state index contributed by atoms with van der Waals surface area (Å²) in [5.41, 5.74) is 1.81. The van der Waals surface area contributed by atoms with Crippen molar-refractivity contribution in [2.75, 3.05) is 18.1 Å². The summed E-state index contributed by atoms with van der Waals surface area (Å²) >= 11 is 0. The first kappa shape index (κ1) is 15.8. The van der Waals surface area contributed by atoms with Crippen LogP contribution in [0.15, 0.2) is 18.2 Å². The molecule has 2 rings (SSSR count). The summed E-state index contributed by atoms with van der Waals surface area (Å²) in [7, 11) is 0. The van der Waals surface area contributed by atoms with Crippen LogP contribution < -0.4 is 4.90 Å². The molecule has 0 heterocycles. The highest BCUT2D eigenvalue weighted by molar-refractivity contribution is 5.94. The lowest BCUT2D eigenvalue weighted by Crippen LogP contribution is -2.38. The number of benzene rings is 1. The maximum atomic E-state index is 12.5. The van der Waals surface area contributed by atoms with Gasteiger partial charge in [-0.1, -0.05) is 6.07 Å². The van der Waals surface area contributed by atoms with Gasteiger partial charge in [0.2, 0.25) is 5.91 Å². The van der Waals surface area contributed by atoms with E-state index in [1.54, 1.807) is 17.0 Å². The molecular weight excluding hydrogens is 266 g/mol. The van der Waals surface area contributed by atoms with Gasteiger partial charge in [-0.3, -0.25) is 4.79 Å². The number of carbonyl (C=O) groups is 1. The smallest absolute Gasteiger partial charge is 0.227 e. The van der Waals surface area contributed by atoms with Gasteiger partial charge < -0.3 is 14.7 Å². The zero-order valence-corrected chi connectivity index (χ0v) is 13.1. The minimum absolute atomic E-state index is 0.131. The fourth-order valence-corrected chi connectivity index (χ4v) is 2.94. The summed E-state index contributed by atoms with van der Waals surface area (Å²) in [5.74, 6) is 0.758. The average Bonchev–Trinajstić information content (AvgIpc) is 2.41. The van der Waals surface area contributed by atoms with Crippen LogP contribution in [-0.4, -0.2) is 30.3 Å². The number of nitrogens with zero attached hydrogens (tertiary/aromatic N) is 1. The van der Waals surface area contributed by atoms with E-state index in [4.69, 9.17) is 4.74 Å². The molecule has 1 saturated carbocycles. The Bertz CT molecular complexity index is 495. The Morgan fingerprint density at radius 2 is 2.10 bits per heavy atom. The van der Waals surface area contributed by atoms with Crippen molar-refractivity contribution in [2.24, 2.45) is 5.92 Å². The Morgan fingerprint density at radius 3 is 2.71 bits per heavy atom. The Hall–Kier alpha value is -1.55. The second kappa shape index (κ2) is 6.94. The third-order valence-electron chi connectivity index (χ3n) is 4.16. The van der Waals surface area contributed by atoms with Gasteiger partial charge >= 0.3 is 0 Å². The molecule has 1 fully saturated rings. The van der Waals surface area contributed by atoms with E-state index < -0.39 is 0 Å². The summed E-state index contributed by atoms with van der Waals surface area (Å²) in [6.07, 6.45) is 2.86. The molecule has 0 aromatic heterocycles. The van der Waals surface area contributed by atoms with Crippen molar-refractivity contribution in [1.82, 2.24) is 0 Å². The third-order valence-corrected chi connectivity index (χ3v) is 4.16. The molecule has 1 amide bonds. The fourth-order valence-electron chi connectivity index (χ4n) is 2.94. The molecule has 4 heteroatoms. The predicted molar refractivity (Wildman–Crippen MR) is 83.6 cm³/mol.